The molecule has 1 aliphatic carbocycles. The maximum atomic E-state index is 12.1. The van der Waals surface area contributed by atoms with Gasteiger partial charge in [-0.2, -0.15) is 0 Å². The fraction of sp³-hybridized carbons (Fsp3) is 0.643. The van der Waals surface area contributed by atoms with Gasteiger partial charge in [0.15, 0.2) is 5.78 Å². The van der Waals surface area contributed by atoms with Crippen molar-refractivity contribution < 1.29 is 4.79 Å². The average Bonchev–Trinajstić information content (AvgIpc) is 3.05. The van der Waals surface area contributed by atoms with Crippen LogP contribution in [0.25, 0.3) is 0 Å². The summed E-state index contributed by atoms with van der Waals surface area (Å²) in [4.78, 5) is 16.5. The van der Waals surface area contributed by atoms with Crippen LogP contribution in [0.2, 0.25) is 0 Å². The summed E-state index contributed by atoms with van der Waals surface area (Å²) in [6, 6.07) is 4.59. The zero-order valence-electron chi connectivity index (χ0n) is 10.9. The Balaban J connectivity index is 1.91. The van der Waals surface area contributed by atoms with Crippen molar-refractivity contribution >= 4 is 17.1 Å². The highest BCUT2D eigenvalue weighted by molar-refractivity contribution is 7.14. The second kappa shape index (κ2) is 5.32. The van der Waals surface area contributed by atoms with Crippen LogP contribution in [0, 0.1) is 5.92 Å². The van der Waals surface area contributed by atoms with Crippen LogP contribution in [0.5, 0.6) is 0 Å². The number of carbonyl (C=O) groups excluding carboxylic acids is 1. The lowest BCUT2D eigenvalue weighted by Crippen LogP contribution is -2.35. The van der Waals surface area contributed by atoms with Gasteiger partial charge in [-0.15, -0.1) is 11.3 Å². The Labute approximate surface area is 108 Å². The van der Waals surface area contributed by atoms with Gasteiger partial charge in [0, 0.05) is 10.9 Å². The Kier molecular flexibility index (Phi) is 4.00. The van der Waals surface area contributed by atoms with Crippen LogP contribution in [0.4, 0.5) is 0 Å². The molecule has 0 spiro atoms. The molecular weight excluding hydrogens is 230 g/mol. The molecule has 3 heteroatoms. The second-order valence-electron chi connectivity index (χ2n) is 5.04. The third-order valence-electron chi connectivity index (χ3n) is 3.68. The molecule has 1 saturated carbocycles. The van der Waals surface area contributed by atoms with E-state index in [1.54, 1.807) is 11.3 Å². The van der Waals surface area contributed by atoms with E-state index in [2.05, 4.69) is 31.9 Å². The summed E-state index contributed by atoms with van der Waals surface area (Å²) in [5.74, 6) is 1.09. The highest BCUT2D eigenvalue weighted by Crippen LogP contribution is 2.34. The Morgan fingerprint density at radius 1 is 1.53 bits per heavy atom. The van der Waals surface area contributed by atoms with Crippen LogP contribution in [0.15, 0.2) is 12.1 Å². The zero-order chi connectivity index (χ0) is 12.4. The first-order valence-corrected chi connectivity index (χ1v) is 7.25. The first-order chi connectivity index (χ1) is 8.11. The van der Waals surface area contributed by atoms with Gasteiger partial charge in [0.2, 0.25) is 0 Å². The van der Waals surface area contributed by atoms with Crippen molar-refractivity contribution in [3.8, 4) is 0 Å². The minimum atomic E-state index is 0.268. The van der Waals surface area contributed by atoms with Crippen LogP contribution >= 0.6 is 11.3 Å². The molecule has 0 amide bonds. The maximum Gasteiger partial charge on any atom is 0.186 e. The fourth-order valence-electron chi connectivity index (χ4n) is 2.10. The van der Waals surface area contributed by atoms with E-state index in [1.165, 1.54) is 17.7 Å². The highest BCUT2D eigenvalue weighted by Gasteiger charge is 2.31. The minimum Gasteiger partial charge on any atom is -0.296 e. The summed E-state index contributed by atoms with van der Waals surface area (Å²) in [6.07, 6.45) is 3.68. The molecule has 94 valence electrons. The first kappa shape index (κ1) is 12.8. The van der Waals surface area contributed by atoms with Crippen molar-refractivity contribution in [1.29, 1.82) is 0 Å². The van der Waals surface area contributed by atoms with Gasteiger partial charge in [0.25, 0.3) is 0 Å². The Morgan fingerprint density at radius 2 is 2.24 bits per heavy atom. The molecule has 1 aromatic heterocycles. The number of ketones is 1. The van der Waals surface area contributed by atoms with E-state index in [0.29, 0.717) is 12.6 Å². The summed E-state index contributed by atoms with van der Waals surface area (Å²) >= 11 is 1.64. The van der Waals surface area contributed by atoms with Gasteiger partial charge in [0.05, 0.1) is 11.4 Å². The number of likely N-dealkylation sites (N-methyl/N-ethyl adjacent to an activating group) is 1. The molecule has 1 unspecified atom stereocenters. The van der Waals surface area contributed by atoms with Crippen molar-refractivity contribution in [3.05, 3.63) is 21.9 Å². The first-order valence-electron chi connectivity index (χ1n) is 6.44. The number of aryl methyl sites for hydroxylation is 1. The fourth-order valence-corrected chi connectivity index (χ4v) is 2.98. The molecule has 2 nitrogen and oxygen atoms in total. The molecule has 0 radical (unpaired) electrons. The largest absolute Gasteiger partial charge is 0.296 e. The van der Waals surface area contributed by atoms with E-state index < -0.39 is 0 Å². The molecule has 0 N–H and O–H groups in total. The van der Waals surface area contributed by atoms with Crippen LogP contribution in [0.3, 0.4) is 0 Å². The molecule has 1 aromatic rings. The Hall–Kier alpha value is -0.670. The Morgan fingerprint density at radius 3 is 2.76 bits per heavy atom. The number of Topliss-reactive ketones (excluding diaryl/α,β-unsaturated/α-hetero) is 1. The van der Waals surface area contributed by atoms with Crippen molar-refractivity contribution in [1.82, 2.24) is 4.90 Å². The lowest BCUT2D eigenvalue weighted by molar-refractivity contribution is 0.0921. The maximum absolute atomic E-state index is 12.1. The molecule has 17 heavy (non-hydrogen) atoms. The highest BCUT2D eigenvalue weighted by atomic mass is 32.1. The van der Waals surface area contributed by atoms with E-state index in [9.17, 15) is 4.79 Å². The lowest BCUT2D eigenvalue weighted by atomic mass is 10.2. The van der Waals surface area contributed by atoms with Gasteiger partial charge >= 0.3 is 0 Å². The topological polar surface area (TPSA) is 20.3 Å². The second-order valence-corrected chi connectivity index (χ2v) is 6.20. The predicted octanol–water partition coefficient (Wildman–Crippen LogP) is 3.22. The summed E-state index contributed by atoms with van der Waals surface area (Å²) in [7, 11) is 2.06. The zero-order valence-corrected chi connectivity index (χ0v) is 11.7. The molecule has 2 rings (SSSR count). The number of nitrogens with zero attached hydrogens (tertiary/aromatic N) is 1. The molecule has 0 bridgehead atoms. The molecule has 1 aliphatic rings. The monoisotopic (exact) mass is 251 g/mol. The number of carbonyl (C=O) groups is 1. The van der Waals surface area contributed by atoms with E-state index in [0.717, 1.165) is 17.2 Å². The Bertz CT molecular complexity index is 395. The van der Waals surface area contributed by atoms with E-state index in [-0.39, 0.29) is 5.78 Å². The van der Waals surface area contributed by atoms with Crippen molar-refractivity contribution in [2.24, 2.45) is 5.92 Å². The summed E-state index contributed by atoms with van der Waals surface area (Å²) in [5.41, 5.74) is 0. The number of rotatable bonds is 6. The normalized spacial score (nSPS) is 17.4. The van der Waals surface area contributed by atoms with Gasteiger partial charge in [-0.25, -0.2) is 0 Å². The lowest BCUT2D eigenvalue weighted by Gasteiger charge is -2.23. The van der Waals surface area contributed by atoms with Gasteiger partial charge in [0.1, 0.15) is 0 Å². The van der Waals surface area contributed by atoms with Gasteiger partial charge in [-0.1, -0.05) is 6.92 Å². The van der Waals surface area contributed by atoms with Crippen molar-refractivity contribution in [3.63, 3.8) is 0 Å². The quantitative estimate of drug-likeness (QED) is 0.724. The molecule has 1 atom stereocenters. The SMILES string of the molecule is CCc1ccc(C(=O)CN(C)C(C)C2CC2)s1. The third kappa shape index (κ3) is 3.17. The molecular formula is C14H21NOS. The number of hydrogen-bond donors (Lipinski definition) is 0. The number of thiophene rings is 1. The average molecular weight is 251 g/mol. The van der Waals surface area contributed by atoms with Gasteiger partial charge < -0.3 is 0 Å². The van der Waals surface area contributed by atoms with Crippen LogP contribution in [0.1, 0.15) is 41.2 Å². The van der Waals surface area contributed by atoms with Crippen LogP contribution in [-0.4, -0.2) is 30.3 Å². The molecule has 0 saturated heterocycles. The minimum absolute atomic E-state index is 0.268. The standard InChI is InChI=1S/C14H21NOS/c1-4-12-7-8-14(17-12)13(16)9-15(3)10(2)11-5-6-11/h7-8,10-11H,4-6,9H2,1-3H3. The van der Waals surface area contributed by atoms with Crippen molar-refractivity contribution in [2.75, 3.05) is 13.6 Å². The molecule has 0 aromatic carbocycles. The molecule has 1 fully saturated rings. The van der Waals surface area contributed by atoms with Crippen LogP contribution in [-0.2, 0) is 6.42 Å². The molecule has 1 heterocycles. The smallest absolute Gasteiger partial charge is 0.186 e. The summed E-state index contributed by atoms with van der Waals surface area (Å²) in [5, 5.41) is 0. The van der Waals surface area contributed by atoms with Crippen molar-refractivity contribution in [2.45, 2.75) is 39.2 Å². The predicted molar refractivity (Wildman–Crippen MR) is 72.8 cm³/mol. The summed E-state index contributed by atoms with van der Waals surface area (Å²) in [6.45, 7) is 4.92. The summed E-state index contributed by atoms with van der Waals surface area (Å²) < 4.78 is 0. The van der Waals surface area contributed by atoms with Gasteiger partial charge in [-0.3, -0.25) is 9.69 Å². The van der Waals surface area contributed by atoms with Crippen LogP contribution < -0.4 is 0 Å². The van der Waals surface area contributed by atoms with E-state index in [1.807, 2.05) is 6.07 Å². The number of hydrogen-bond acceptors (Lipinski definition) is 3. The van der Waals surface area contributed by atoms with Gasteiger partial charge in [-0.05, 0) is 51.3 Å². The third-order valence-corrected chi connectivity index (χ3v) is 4.95. The molecule has 0 aliphatic heterocycles. The van der Waals surface area contributed by atoms with E-state index in [4.69, 9.17) is 0 Å². The van der Waals surface area contributed by atoms with E-state index >= 15 is 0 Å².